The van der Waals surface area contributed by atoms with Crippen molar-refractivity contribution >= 4 is 63.5 Å². The number of unbranched alkanes of at least 4 members (excludes halogenated alkanes) is 6. The van der Waals surface area contributed by atoms with Gasteiger partial charge in [-0.05, 0) is 31.6 Å². The molecule has 4 aromatic carbocycles. The van der Waals surface area contributed by atoms with Crippen molar-refractivity contribution < 1.29 is 67.2 Å². The summed E-state index contributed by atoms with van der Waals surface area (Å²) >= 11 is 0. The number of ketones is 2. The number of benzene rings is 4. The summed E-state index contributed by atoms with van der Waals surface area (Å²) in [7, 11) is 2.84. The first-order valence-corrected chi connectivity index (χ1v) is 25.5. The molecule has 1 fully saturated rings. The van der Waals surface area contributed by atoms with Crippen molar-refractivity contribution in [2.24, 2.45) is 17.6 Å². The van der Waals surface area contributed by atoms with E-state index in [1.165, 1.54) is 31.1 Å². The second-order valence-electron chi connectivity index (χ2n) is 18.6. The Morgan fingerprint density at radius 2 is 1.29 bits per heavy atom. The van der Waals surface area contributed by atoms with Gasteiger partial charge in [-0.2, -0.15) is 0 Å². The summed E-state index contributed by atoms with van der Waals surface area (Å²) in [4.78, 5) is 67.6. The van der Waals surface area contributed by atoms with E-state index in [2.05, 4.69) is 5.32 Å². The van der Waals surface area contributed by atoms with Gasteiger partial charge in [0.05, 0.1) is 23.6 Å². The molecule has 1 saturated carbocycles. The number of halogens is 3. The van der Waals surface area contributed by atoms with Gasteiger partial charge in [-0.1, -0.05) is 13.0 Å². The van der Waals surface area contributed by atoms with E-state index in [-0.39, 0.29) is 29.4 Å². The molecule has 7 rings (SSSR count). The van der Waals surface area contributed by atoms with E-state index in [1.54, 1.807) is 97.9 Å². The zero-order valence-electron chi connectivity index (χ0n) is 38.9. The minimum absolute atomic E-state index is 0.0468. The number of rotatable bonds is 17. The molecule has 0 aromatic heterocycles. The average molecular weight is 988 g/mol. The summed E-state index contributed by atoms with van der Waals surface area (Å²) in [6.45, 7) is -2.98. The fourth-order valence-corrected chi connectivity index (χ4v) is 16.8. The number of aliphatic hydroxyl groups is 4. The minimum Gasteiger partial charge on any atom is -0.508 e. The molecule has 4 aromatic rings. The zero-order valence-corrected chi connectivity index (χ0v) is 39.8. The number of primary amides is 1. The number of anilines is 1. The number of nitrogens with two attached hydrogens (primary N) is 1. The first-order valence-electron chi connectivity index (χ1n) is 23.1. The van der Waals surface area contributed by atoms with E-state index in [9.17, 15) is 62.7 Å². The summed E-state index contributed by atoms with van der Waals surface area (Å²) in [5, 5.41) is 62.2. The van der Waals surface area contributed by atoms with E-state index in [4.69, 9.17) is 10.3 Å². The third-order valence-electron chi connectivity index (χ3n) is 14.3. The summed E-state index contributed by atoms with van der Waals surface area (Å²) in [5.74, 6) is -13.0. The molecule has 0 spiro atoms. The number of hydrogen-bond donors (Lipinski definition) is 7. The summed E-state index contributed by atoms with van der Waals surface area (Å²) in [5.41, 5.74) is 0.685. The molecule has 0 bridgehead atoms. The molecule has 0 aliphatic heterocycles. The molecular formula is C52H57F3N3O11P. The number of amides is 2. The van der Waals surface area contributed by atoms with Crippen molar-refractivity contribution in [2.75, 3.05) is 25.6 Å². The number of carbonyl (C=O) groups is 5. The third kappa shape index (κ3) is 8.56. The number of aromatic hydroxyl groups is 1. The van der Waals surface area contributed by atoms with Crippen LogP contribution in [0.25, 0.3) is 5.76 Å². The molecule has 0 heterocycles. The maximum Gasteiger partial charge on any atom is 0.255 e. The Morgan fingerprint density at radius 1 is 0.786 bits per heavy atom. The number of nitrogens with zero attached hydrogens (tertiary/aromatic N) is 1. The standard InChI is InChI=1S/C52H57F3N3O11P/c1-30-34-27-28-35(43(60)38(34)44(61)39-37(30)45(62)41-42(58(2)3)46(63)40(49(56)66)48(65)51(41,68)47(39)64)57-36(59)26-18-7-5-4-6-8-19-29-70(31-20-12-9-13-21-31,32-22-14-10-15-23-32,33-24-16-11-17-25-33)69-50(67)52(53,54)55/h9-17,20-25,27-28,30,37,41-42,45,60-62,65,68H,4-8,18-19,26,29H2,1-3H3,(H2,56,66)(H,57,59)/t30-,37+,41+,42-,45-,51-/m0/s1. The van der Waals surface area contributed by atoms with Crippen LogP contribution in [0.1, 0.15) is 75.3 Å². The monoisotopic (exact) mass is 987 g/mol. The van der Waals surface area contributed by atoms with Crippen molar-refractivity contribution in [3.05, 3.63) is 131 Å². The first kappa shape index (κ1) is 51.5. The maximum absolute atomic E-state index is 14.3. The number of alkyl halides is 3. The molecule has 3 aliphatic rings. The third-order valence-corrected chi connectivity index (χ3v) is 20.2. The molecule has 14 nitrogen and oxygen atoms in total. The number of hydrogen-bond acceptors (Lipinski definition) is 12. The second kappa shape index (κ2) is 19.8. The number of phenolic OH excluding ortho intramolecular Hbond substituents is 1. The van der Waals surface area contributed by atoms with Crippen LogP contribution in [0.4, 0.5) is 18.9 Å². The summed E-state index contributed by atoms with van der Waals surface area (Å²) in [6.07, 6.45) is -2.49. The average Bonchev–Trinajstić information content (AvgIpc) is 3.32. The Morgan fingerprint density at radius 3 is 1.77 bits per heavy atom. The topological polar surface area (TPSA) is 237 Å². The summed E-state index contributed by atoms with van der Waals surface area (Å²) in [6, 6.07) is 27.4. The Bertz CT molecular complexity index is 2650. The van der Waals surface area contributed by atoms with Crippen molar-refractivity contribution in [1.82, 2.24) is 4.90 Å². The molecule has 70 heavy (non-hydrogen) atoms. The molecule has 18 heteroatoms. The number of carbonyl (C=O) groups excluding carboxylic acids is 5. The number of aliphatic hydroxyl groups excluding tert-OH is 3. The van der Waals surface area contributed by atoms with Gasteiger partial charge >= 0.3 is 228 Å². The van der Waals surface area contributed by atoms with Crippen LogP contribution in [0.15, 0.2) is 120 Å². The van der Waals surface area contributed by atoms with Gasteiger partial charge in [0.25, 0.3) is 5.91 Å². The molecule has 372 valence electrons. The van der Waals surface area contributed by atoms with Crippen LogP contribution in [0.3, 0.4) is 0 Å². The molecule has 6 atom stereocenters. The molecular weight excluding hydrogens is 931 g/mol. The normalized spacial score (nSPS) is 22.9. The molecule has 2 amide bonds. The predicted molar refractivity (Wildman–Crippen MR) is 258 cm³/mol. The number of nitrogens with one attached hydrogen (secondary N) is 1. The quantitative estimate of drug-likeness (QED) is 0.0275. The van der Waals surface area contributed by atoms with Gasteiger partial charge in [-0.25, -0.2) is 0 Å². The van der Waals surface area contributed by atoms with Crippen LogP contribution in [0.5, 0.6) is 5.75 Å². The van der Waals surface area contributed by atoms with Crippen LogP contribution in [-0.4, -0.2) is 104 Å². The number of fused-ring (bicyclic) bond motifs is 3. The van der Waals surface area contributed by atoms with Gasteiger partial charge in [0, 0.05) is 11.5 Å². The Balaban J connectivity index is 1.01. The van der Waals surface area contributed by atoms with Crippen LogP contribution in [0.2, 0.25) is 0 Å². The van der Waals surface area contributed by atoms with Crippen molar-refractivity contribution in [1.29, 1.82) is 0 Å². The molecule has 0 radical (unpaired) electrons. The molecule has 0 unspecified atom stereocenters. The van der Waals surface area contributed by atoms with Crippen LogP contribution < -0.4 is 27.0 Å². The van der Waals surface area contributed by atoms with Crippen LogP contribution in [0, 0.1) is 11.8 Å². The molecule has 8 N–H and O–H groups in total. The Hall–Kier alpha value is -6.39. The molecule has 0 saturated heterocycles. The van der Waals surface area contributed by atoms with E-state index in [0.29, 0.717) is 48.0 Å². The predicted octanol–water partition coefficient (Wildman–Crippen LogP) is 6.11. The van der Waals surface area contributed by atoms with E-state index >= 15 is 0 Å². The van der Waals surface area contributed by atoms with Gasteiger partial charge in [0.15, 0.2) is 11.4 Å². The van der Waals surface area contributed by atoms with Gasteiger partial charge in [-0.15, -0.1) is 0 Å². The van der Waals surface area contributed by atoms with E-state index in [1.807, 2.05) is 0 Å². The van der Waals surface area contributed by atoms with E-state index in [0.717, 1.165) is 12.8 Å². The molecule has 3 aliphatic carbocycles. The fourth-order valence-electron chi connectivity index (χ4n) is 11.0. The fraction of sp³-hybridized carbons (Fsp3) is 0.365. The summed E-state index contributed by atoms with van der Waals surface area (Å²) < 4.78 is 48.6. The van der Waals surface area contributed by atoms with Crippen molar-refractivity contribution in [2.45, 2.75) is 88.1 Å². The number of likely N-dealkylation sites (N-methyl/N-ethyl adjacent to an activating group) is 1. The van der Waals surface area contributed by atoms with Gasteiger partial charge in [0.1, 0.15) is 22.8 Å². The van der Waals surface area contributed by atoms with Crippen LogP contribution >= 0.6 is 6.83 Å². The SMILES string of the molecule is C[C@H]1c2ccc(NC(=O)CCCCCCCCCP(OC(=O)C(F)(F)F)(c3ccccc3)(c3ccccc3)c3ccccc3)c(O)c2C(O)=C2C(=O)[C@]3(O)C(O)=C(C(N)=O)C(=O)[C@@H](N(C)C)[C@@H]3[C@@H](O)[C@@H]21. The maximum atomic E-state index is 14.3. The Kier molecular flexibility index (Phi) is 14.5. The zero-order chi connectivity index (χ0) is 50.9. The van der Waals surface area contributed by atoms with Crippen LogP contribution in [-0.2, 0) is 28.5 Å². The Labute approximate surface area is 402 Å². The van der Waals surface area contributed by atoms with Gasteiger partial charge in [-0.3, -0.25) is 19.3 Å². The van der Waals surface area contributed by atoms with Crippen molar-refractivity contribution in [3.8, 4) is 5.75 Å². The number of Topliss-reactive ketones (excluding diaryl/α,β-unsaturated/α-hetero) is 2. The number of phenols is 1. The minimum atomic E-state index is -5.25. The second-order valence-corrected chi connectivity index (χ2v) is 23.2. The van der Waals surface area contributed by atoms with Gasteiger partial charge < -0.3 is 31.3 Å². The van der Waals surface area contributed by atoms with Gasteiger partial charge in [0.2, 0.25) is 5.78 Å². The largest absolute Gasteiger partial charge is 0.508 e. The van der Waals surface area contributed by atoms with E-state index < -0.39 is 106 Å². The van der Waals surface area contributed by atoms with Crippen molar-refractivity contribution in [3.63, 3.8) is 0 Å². The smallest absolute Gasteiger partial charge is 0.255 e. The first-order chi connectivity index (χ1) is 33.1.